The lowest BCUT2D eigenvalue weighted by Crippen LogP contribution is -2.05. The van der Waals surface area contributed by atoms with Gasteiger partial charge in [-0.05, 0) is 34.2 Å². The van der Waals surface area contributed by atoms with Crippen LogP contribution in [0.5, 0.6) is 0 Å². The molecule has 0 fully saturated rings. The number of rotatable bonds is 0. The molecular weight excluding hydrogens is 228 g/mol. The van der Waals surface area contributed by atoms with Crippen molar-refractivity contribution in [2.45, 2.75) is 34.1 Å². The van der Waals surface area contributed by atoms with Gasteiger partial charge in [-0.15, -0.1) is 0 Å². The van der Waals surface area contributed by atoms with E-state index in [0.29, 0.717) is 0 Å². The van der Waals surface area contributed by atoms with E-state index in [1.807, 2.05) is 27.7 Å². The van der Waals surface area contributed by atoms with E-state index in [4.69, 9.17) is 0 Å². The molecule has 0 saturated carbocycles. The summed E-state index contributed by atoms with van der Waals surface area (Å²) >= 11 is 0. The first kappa shape index (κ1) is 15.2. The third-order valence-electron chi connectivity index (χ3n) is 3.07. The van der Waals surface area contributed by atoms with E-state index in [0.717, 1.165) is 12.0 Å². The van der Waals surface area contributed by atoms with E-state index in [1.165, 1.54) is 22.3 Å². The number of benzene rings is 2. The fourth-order valence-electron chi connectivity index (χ4n) is 2.29. The van der Waals surface area contributed by atoms with Crippen LogP contribution in [0.15, 0.2) is 55.1 Å². The van der Waals surface area contributed by atoms with Crippen molar-refractivity contribution in [3.63, 3.8) is 0 Å². The van der Waals surface area contributed by atoms with Crippen LogP contribution in [-0.4, -0.2) is 0 Å². The van der Waals surface area contributed by atoms with Crippen LogP contribution in [0.25, 0.3) is 5.57 Å². The van der Waals surface area contributed by atoms with Gasteiger partial charge in [-0.2, -0.15) is 0 Å². The Morgan fingerprint density at radius 3 is 1.47 bits per heavy atom. The maximum atomic E-state index is 4.20. The van der Waals surface area contributed by atoms with Crippen LogP contribution in [0.1, 0.15) is 49.9 Å². The molecule has 0 aliphatic heterocycles. The molecule has 0 bridgehead atoms. The quantitative estimate of drug-likeness (QED) is 0.481. The summed E-state index contributed by atoms with van der Waals surface area (Å²) in [4.78, 5) is 0. The van der Waals surface area contributed by atoms with Gasteiger partial charge in [0.2, 0.25) is 0 Å². The summed E-state index contributed by atoms with van der Waals surface area (Å²) in [5.74, 6) is 0. The minimum Gasteiger partial charge on any atom is -0.0905 e. The van der Waals surface area contributed by atoms with Gasteiger partial charge >= 0.3 is 0 Å². The largest absolute Gasteiger partial charge is 0.0905 e. The molecule has 0 heterocycles. The highest BCUT2D eigenvalue weighted by atomic mass is 14.2. The lowest BCUT2D eigenvalue weighted by Gasteiger charge is -2.21. The monoisotopic (exact) mass is 252 g/mol. The second-order valence-corrected chi connectivity index (χ2v) is 3.97. The summed E-state index contributed by atoms with van der Waals surface area (Å²) in [6.45, 7) is 12.2. The fraction of sp³-hybridized carbons (Fsp3) is 0.263. The Morgan fingerprint density at radius 2 is 1.05 bits per heavy atom. The van der Waals surface area contributed by atoms with Gasteiger partial charge in [0.1, 0.15) is 0 Å². The number of fused-ring (bicyclic) bond motifs is 2. The van der Waals surface area contributed by atoms with Crippen molar-refractivity contribution < 1.29 is 0 Å². The smallest absolute Gasteiger partial charge is 0.00135 e. The van der Waals surface area contributed by atoms with Crippen molar-refractivity contribution in [1.82, 2.24) is 0 Å². The molecule has 2 aromatic rings. The Hall–Kier alpha value is -1.82. The van der Waals surface area contributed by atoms with E-state index >= 15 is 0 Å². The zero-order valence-corrected chi connectivity index (χ0v) is 12.5. The maximum absolute atomic E-state index is 4.20. The molecule has 0 unspecified atom stereocenters. The molecule has 0 saturated heterocycles. The molecule has 3 rings (SSSR count). The van der Waals surface area contributed by atoms with Gasteiger partial charge in [0.25, 0.3) is 0 Å². The third-order valence-corrected chi connectivity index (χ3v) is 3.07. The lowest BCUT2D eigenvalue weighted by atomic mass is 9.83. The van der Waals surface area contributed by atoms with Crippen LogP contribution in [0, 0.1) is 0 Å². The van der Waals surface area contributed by atoms with Crippen LogP contribution in [0.3, 0.4) is 0 Å². The molecule has 0 aromatic heterocycles. The number of hydrogen-bond donors (Lipinski definition) is 0. The summed E-state index contributed by atoms with van der Waals surface area (Å²) < 4.78 is 0. The first-order chi connectivity index (χ1) is 9.36. The zero-order valence-electron chi connectivity index (χ0n) is 12.5. The number of hydrogen-bond acceptors (Lipinski definition) is 0. The molecule has 1 aliphatic carbocycles. The lowest BCUT2D eigenvalue weighted by molar-refractivity contribution is 1.14. The normalized spacial score (nSPS) is 11.1. The van der Waals surface area contributed by atoms with E-state index in [2.05, 4.69) is 55.1 Å². The summed E-state index contributed by atoms with van der Waals surface area (Å²) in [5.41, 5.74) is 6.54. The van der Waals surface area contributed by atoms with Crippen LogP contribution >= 0.6 is 0 Å². The van der Waals surface area contributed by atoms with Crippen molar-refractivity contribution in [1.29, 1.82) is 0 Å². The van der Waals surface area contributed by atoms with Crippen LogP contribution < -0.4 is 0 Å². The second-order valence-electron chi connectivity index (χ2n) is 3.97. The molecular formula is C19H24. The molecule has 0 atom stereocenters. The van der Waals surface area contributed by atoms with Crippen LogP contribution in [0.4, 0.5) is 0 Å². The summed E-state index contributed by atoms with van der Waals surface area (Å²) in [6.07, 6.45) is 1.03. The molecule has 1 aliphatic rings. The minimum absolute atomic E-state index is 1.03. The van der Waals surface area contributed by atoms with Gasteiger partial charge in [-0.25, -0.2) is 0 Å². The molecule has 100 valence electrons. The zero-order chi connectivity index (χ0) is 14.3. The first-order valence-electron chi connectivity index (χ1n) is 7.22. The maximum Gasteiger partial charge on any atom is -0.00135 e. The highest BCUT2D eigenvalue weighted by Crippen LogP contribution is 2.33. The van der Waals surface area contributed by atoms with E-state index in [-0.39, 0.29) is 0 Å². The van der Waals surface area contributed by atoms with Gasteiger partial charge < -0.3 is 0 Å². The molecule has 0 N–H and O–H groups in total. The van der Waals surface area contributed by atoms with Crippen molar-refractivity contribution >= 4 is 5.57 Å². The average Bonchev–Trinajstić information content (AvgIpc) is 2.52. The third kappa shape index (κ3) is 3.14. The van der Waals surface area contributed by atoms with E-state index in [9.17, 15) is 0 Å². The molecule has 0 nitrogen and oxygen atoms in total. The predicted octanol–water partition coefficient (Wildman–Crippen LogP) is 5.70. The molecule has 0 radical (unpaired) electrons. The Bertz CT molecular complexity index is 488. The second kappa shape index (κ2) is 7.58. The van der Waals surface area contributed by atoms with Gasteiger partial charge in [0.15, 0.2) is 0 Å². The minimum atomic E-state index is 1.03. The molecule has 19 heavy (non-hydrogen) atoms. The molecule has 2 aromatic carbocycles. The summed E-state index contributed by atoms with van der Waals surface area (Å²) in [5, 5.41) is 0. The summed E-state index contributed by atoms with van der Waals surface area (Å²) in [6, 6.07) is 17.1. The Labute approximate surface area is 117 Å². The highest BCUT2D eigenvalue weighted by molar-refractivity contribution is 5.84. The van der Waals surface area contributed by atoms with Crippen molar-refractivity contribution in [2.75, 3.05) is 0 Å². The Morgan fingerprint density at radius 1 is 0.684 bits per heavy atom. The van der Waals surface area contributed by atoms with Gasteiger partial charge in [-0.3, -0.25) is 0 Å². The standard InChI is InChI=1S/C15H12.2C2H6/c1-11-14-8-4-2-6-12(14)10-13-7-3-5-9-15(11)13;2*1-2/h2-9H,1,10H2;2*1-2H3. The SMILES string of the molecule is C=C1c2ccccc2Cc2ccccc21.CC.CC. The van der Waals surface area contributed by atoms with Crippen LogP contribution in [-0.2, 0) is 6.42 Å². The highest BCUT2D eigenvalue weighted by Gasteiger charge is 2.16. The molecule has 0 amide bonds. The molecule has 0 heteroatoms. The Kier molecular flexibility index (Phi) is 6.08. The average molecular weight is 252 g/mol. The van der Waals surface area contributed by atoms with Gasteiger partial charge in [-0.1, -0.05) is 82.8 Å². The fourth-order valence-corrected chi connectivity index (χ4v) is 2.29. The Balaban J connectivity index is 0.000000415. The van der Waals surface area contributed by atoms with Gasteiger partial charge in [0.05, 0.1) is 0 Å². The van der Waals surface area contributed by atoms with Crippen LogP contribution in [0.2, 0.25) is 0 Å². The van der Waals surface area contributed by atoms with Crippen molar-refractivity contribution in [3.8, 4) is 0 Å². The van der Waals surface area contributed by atoms with E-state index in [1.54, 1.807) is 0 Å². The predicted molar refractivity (Wildman–Crippen MR) is 86.5 cm³/mol. The summed E-state index contributed by atoms with van der Waals surface area (Å²) in [7, 11) is 0. The van der Waals surface area contributed by atoms with E-state index < -0.39 is 0 Å². The van der Waals surface area contributed by atoms with Gasteiger partial charge in [0, 0.05) is 0 Å². The topological polar surface area (TPSA) is 0 Å². The first-order valence-corrected chi connectivity index (χ1v) is 7.22. The van der Waals surface area contributed by atoms with Crippen molar-refractivity contribution in [3.05, 3.63) is 77.4 Å². The van der Waals surface area contributed by atoms with Crippen molar-refractivity contribution in [2.24, 2.45) is 0 Å². The molecule has 0 spiro atoms.